The van der Waals surface area contributed by atoms with Crippen LogP contribution < -0.4 is 0 Å². The highest BCUT2D eigenvalue weighted by Gasteiger charge is 2.25. The zero-order valence-corrected chi connectivity index (χ0v) is 15.1. The van der Waals surface area contributed by atoms with Crippen molar-refractivity contribution in [1.29, 1.82) is 0 Å². The Balaban J connectivity index is 1.64. The number of hydrogen-bond donors (Lipinski definition) is 1. The summed E-state index contributed by atoms with van der Waals surface area (Å²) in [6.07, 6.45) is 3.16. The van der Waals surface area contributed by atoms with Gasteiger partial charge in [-0.1, -0.05) is 0 Å². The van der Waals surface area contributed by atoms with Crippen LogP contribution in [-0.2, 0) is 9.53 Å². The third kappa shape index (κ3) is 4.28. The summed E-state index contributed by atoms with van der Waals surface area (Å²) in [5.74, 6) is 0.164. The van der Waals surface area contributed by atoms with Crippen LogP contribution >= 0.6 is 12.2 Å². The number of nitrogens with zero attached hydrogens (tertiary/aromatic N) is 1. The topological polar surface area (TPSA) is 75.5 Å². The highest BCUT2D eigenvalue weighted by atomic mass is 32.1. The summed E-state index contributed by atoms with van der Waals surface area (Å²) >= 11 is 4.98. The van der Waals surface area contributed by atoms with Crippen LogP contribution in [0.25, 0.3) is 11.1 Å². The van der Waals surface area contributed by atoms with Gasteiger partial charge in [0.15, 0.2) is 5.58 Å². The molecule has 6 nitrogen and oxygen atoms in total. The first-order chi connectivity index (χ1) is 12.1. The van der Waals surface area contributed by atoms with E-state index in [1.54, 1.807) is 19.1 Å². The molecule has 1 aromatic carbocycles. The van der Waals surface area contributed by atoms with Gasteiger partial charge in [0.1, 0.15) is 0 Å². The van der Waals surface area contributed by atoms with Crippen molar-refractivity contribution in [1.82, 2.24) is 9.88 Å². The second-order valence-electron chi connectivity index (χ2n) is 6.33. The van der Waals surface area contributed by atoms with Crippen LogP contribution in [-0.4, -0.2) is 41.5 Å². The van der Waals surface area contributed by atoms with Crippen LogP contribution in [0, 0.1) is 10.8 Å². The number of aromatic amines is 1. The highest BCUT2D eigenvalue weighted by Crippen LogP contribution is 2.24. The molecular formula is C18H22N2O4S. The van der Waals surface area contributed by atoms with Crippen molar-refractivity contribution in [2.45, 2.75) is 32.6 Å². The van der Waals surface area contributed by atoms with Crippen LogP contribution in [0.15, 0.2) is 22.6 Å². The Morgan fingerprint density at radius 3 is 3.08 bits per heavy atom. The van der Waals surface area contributed by atoms with Gasteiger partial charge in [0.2, 0.25) is 0 Å². The standard InChI is InChI=1S/C18H22N2O4S/c1-2-23-16(21)8-5-12-4-3-9-20(11-12)17(22)13-6-7-14-15(10-13)24-18(25)19-14/h6-7,10,12H,2-5,8-9,11H2,1H3,(H,19,25). The Hall–Kier alpha value is -2.15. The third-order valence-electron chi connectivity index (χ3n) is 4.54. The van der Waals surface area contributed by atoms with Crippen molar-refractivity contribution in [3.8, 4) is 0 Å². The summed E-state index contributed by atoms with van der Waals surface area (Å²) in [5.41, 5.74) is 1.97. The Labute approximate surface area is 151 Å². The van der Waals surface area contributed by atoms with Gasteiger partial charge < -0.3 is 19.0 Å². The number of carbonyl (C=O) groups is 2. The minimum atomic E-state index is -0.162. The maximum atomic E-state index is 12.8. The first kappa shape index (κ1) is 17.7. The lowest BCUT2D eigenvalue weighted by atomic mass is 9.93. The van der Waals surface area contributed by atoms with E-state index in [-0.39, 0.29) is 11.9 Å². The molecule has 1 aliphatic heterocycles. The van der Waals surface area contributed by atoms with Crippen molar-refractivity contribution in [3.05, 3.63) is 28.6 Å². The molecule has 1 fully saturated rings. The molecule has 134 valence electrons. The molecule has 1 aromatic heterocycles. The number of oxazole rings is 1. The van der Waals surface area contributed by atoms with Crippen molar-refractivity contribution in [3.63, 3.8) is 0 Å². The van der Waals surface area contributed by atoms with Gasteiger partial charge in [0.05, 0.1) is 12.1 Å². The molecule has 0 aliphatic carbocycles. The molecule has 0 bridgehead atoms. The number of rotatable bonds is 5. The number of nitrogens with one attached hydrogen (secondary N) is 1. The van der Waals surface area contributed by atoms with E-state index < -0.39 is 0 Å². The van der Waals surface area contributed by atoms with Gasteiger partial charge in [0, 0.05) is 25.1 Å². The Bertz CT molecular complexity index is 826. The Morgan fingerprint density at radius 2 is 2.28 bits per heavy atom. The molecule has 1 atom stereocenters. The second-order valence-corrected chi connectivity index (χ2v) is 6.70. The number of fused-ring (bicyclic) bond motifs is 1. The number of esters is 1. The fourth-order valence-electron chi connectivity index (χ4n) is 3.30. The number of benzene rings is 1. The number of ether oxygens (including phenoxy) is 1. The quantitative estimate of drug-likeness (QED) is 0.648. The highest BCUT2D eigenvalue weighted by molar-refractivity contribution is 7.71. The molecule has 25 heavy (non-hydrogen) atoms. The lowest BCUT2D eigenvalue weighted by Crippen LogP contribution is -2.40. The average Bonchev–Trinajstić information content (AvgIpc) is 2.99. The van der Waals surface area contributed by atoms with Gasteiger partial charge in [0.25, 0.3) is 10.7 Å². The Morgan fingerprint density at radius 1 is 1.44 bits per heavy atom. The third-order valence-corrected chi connectivity index (χ3v) is 4.72. The van der Waals surface area contributed by atoms with Crippen LogP contribution in [0.4, 0.5) is 0 Å². The fraction of sp³-hybridized carbons (Fsp3) is 0.500. The number of H-pyrrole nitrogens is 1. The zero-order valence-electron chi connectivity index (χ0n) is 14.2. The molecule has 7 heteroatoms. The molecular weight excluding hydrogens is 340 g/mol. The SMILES string of the molecule is CCOC(=O)CCC1CCCN(C(=O)c2ccc3[nH]c(=S)oc3c2)C1. The van der Waals surface area contributed by atoms with E-state index in [0.29, 0.717) is 41.5 Å². The zero-order chi connectivity index (χ0) is 17.8. The number of likely N-dealkylation sites (tertiary alicyclic amines) is 1. The van der Waals surface area contributed by atoms with Crippen LogP contribution in [0.1, 0.15) is 43.0 Å². The van der Waals surface area contributed by atoms with Gasteiger partial charge >= 0.3 is 5.97 Å². The van der Waals surface area contributed by atoms with Crippen molar-refractivity contribution in [2.24, 2.45) is 5.92 Å². The van der Waals surface area contributed by atoms with Crippen molar-refractivity contribution >= 4 is 35.2 Å². The van der Waals surface area contributed by atoms with E-state index in [9.17, 15) is 9.59 Å². The van der Waals surface area contributed by atoms with Gasteiger partial charge in [-0.2, -0.15) is 0 Å². The van der Waals surface area contributed by atoms with E-state index in [1.165, 1.54) is 0 Å². The molecule has 1 aliphatic rings. The molecule has 3 rings (SSSR count). The maximum absolute atomic E-state index is 12.8. The lowest BCUT2D eigenvalue weighted by molar-refractivity contribution is -0.143. The predicted octanol–water partition coefficient (Wildman–Crippen LogP) is 3.69. The van der Waals surface area contributed by atoms with Gasteiger partial charge in [-0.15, -0.1) is 0 Å². The fourth-order valence-corrected chi connectivity index (χ4v) is 3.50. The molecule has 1 N–H and O–H groups in total. The number of aromatic nitrogens is 1. The van der Waals surface area contributed by atoms with E-state index in [0.717, 1.165) is 31.3 Å². The smallest absolute Gasteiger partial charge is 0.305 e. The first-order valence-corrected chi connectivity index (χ1v) is 9.05. The number of amides is 1. The monoisotopic (exact) mass is 362 g/mol. The van der Waals surface area contributed by atoms with E-state index >= 15 is 0 Å². The van der Waals surface area contributed by atoms with E-state index in [4.69, 9.17) is 21.4 Å². The summed E-state index contributed by atoms with van der Waals surface area (Å²) in [4.78, 5) is 29.4. The average molecular weight is 362 g/mol. The van der Waals surface area contributed by atoms with Gasteiger partial charge in [-0.05, 0) is 62.5 Å². The summed E-state index contributed by atoms with van der Waals surface area (Å²) < 4.78 is 10.4. The van der Waals surface area contributed by atoms with Crippen LogP contribution in [0.5, 0.6) is 0 Å². The molecule has 2 heterocycles. The number of piperidine rings is 1. The molecule has 0 radical (unpaired) electrons. The summed E-state index contributed by atoms with van der Waals surface area (Å²) in [5, 5.41) is 0. The molecule has 1 amide bonds. The van der Waals surface area contributed by atoms with Crippen LogP contribution in [0.3, 0.4) is 0 Å². The summed E-state index contributed by atoms with van der Waals surface area (Å²) in [7, 11) is 0. The van der Waals surface area contributed by atoms with E-state index in [2.05, 4.69) is 4.98 Å². The van der Waals surface area contributed by atoms with Crippen LogP contribution in [0.2, 0.25) is 0 Å². The van der Waals surface area contributed by atoms with E-state index in [1.807, 2.05) is 11.0 Å². The lowest BCUT2D eigenvalue weighted by Gasteiger charge is -2.32. The van der Waals surface area contributed by atoms with Gasteiger partial charge in [-0.25, -0.2) is 0 Å². The predicted molar refractivity (Wildman–Crippen MR) is 95.9 cm³/mol. The molecule has 2 aromatic rings. The normalized spacial score (nSPS) is 17.6. The molecule has 0 saturated carbocycles. The second kappa shape index (κ2) is 7.82. The number of hydrogen-bond acceptors (Lipinski definition) is 5. The maximum Gasteiger partial charge on any atom is 0.305 e. The molecule has 0 spiro atoms. The van der Waals surface area contributed by atoms with Crippen molar-refractivity contribution < 1.29 is 18.7 Å². The molecule has 1 unspecified atom stereocenters. The number of carbonyl (C=O) groups excluding carboxylic acids is 2. The summed E-state index contributed by atoms with van der Waals surface area (Å²) in [6.45, 7) is 3.63. The Kier molecular flexibility index (Phi) is 5.53. The summed E-state index contributed by atoms with van der Waals surface area (Å²) in [6, 6.07) is 5.32. The largest absolute Gasteiger partial charge is 0.466 e. The minimum Gasteiger partial charge on any atom is -0.466 e. The minimum absolute atomic E-state index is 0.00921. The van der Waals surface area contributed by atoms with Crippen molar-refractivity contribution in [2.75, 3.05) is 19.7 Å². The first-order valence-electron chi connectivity index (χ1n) is 8.64. The van der Waals surface area contributed by atoms with Gasteiger partial charge in [-0.3, -0.25) is 9.59 Å². The molecule has 1 saturated heterocycles.